The summed E-state index contributed by atoms with van der Waals surface area (Å²) in [6.07, 6.45) is 0. The van der Waals surface area contributed by atoms with Gasteiger partial charge in [-0.3, -0.25) is 0 Å². The largest absolute Gasteiger partial charge is 0.371 e. The van der Waals surface area contributed by atoms with Crippen LogP contribution in [0.4, 0.5) is 10.2 Å². The highest BCUT2D eigenvalue weighted by atomic mass is 35.5. The van der Waals surface area contributed by atoms with Gasteiger partial charge in [-0.15, -0.1) is 10.2 Å². The fraction of sp³-hybridized carbons (Fsp3) is 0.250. The van der Waals surface area contributed by atoms with Gasteiger partial charge in [-0.2, -0.15) is 0 Å². The van der Waals surface area contributed by atoms with E-state index < -0.39 is 0 Å². The first-order valence-electron chi connectivity index (χ1n) is 5.38. The first kappa shape index (κ1) is 12.7. The quantitative estimate of drug-likeness (QED) is 0.908. The van der Waals surface area contributed by atoms with Crippen molar-refractivity contribution in [3.05, 3.63) is 34.4 Å². The molecule has 6 heteroatoms. The van der Waals surface area contributed by atoms with Crippen LogP contribution in [0.15, 0.2) is 12.1 Å². The molecule has 0 aliphatic rings. The number of benzene rings is 1. The van der Waals surface area contributed by atoms with Gasteiger partial charge in [0.1, 0.15) is 17.3 Å². The molecule has 0 radical (unpaired) electrons. The predicted octanol–water partition coefficient (Wildman–Crippen LogP) is 2.99. The van der Waals surface area contributed by atoms with E-state index in [1.54, 1.807) is 27.0 Å². The zero-order valence-corrected chi connectivity index (χ0v) is 11.0. The third-order valence-corrected chi connectivity index (χ3v) is 2.85. The van der Waals surface area contributed by atoms with Gasteiger partial charge in [-0.1, -0.05) is 11.6 Å². The fourth-order valence-electron chi connectivity index (χ4n) is 1.59. The summed E-state index contributed by atoms with van der Waals surface area (Å²) in [6.45, 7) is 3.39. The molecule has 1 aromatic heterocycles. The Morgan fingerprint density at radius 2 is 1.94 bits per heavy atom. The molecular weight excluding hydrogens is 255 g/mol. The van der Waals surface area contributed by atoms with Crippen LogP contribution in [0.25, 0.3) is 11.3 Å². The van der Waals surface area contributed by atoms with Gasteiger partial charge >= 0.3 is 0 Å². The molecular formula is C12H12ClFN4. The topological polar surface area (TPSA) is 50.7 Å². The molecule has 0 aliphatic carbocycles. The molecule has 0 spiro atoms. The second-order valence-corrected chi connectivity index (χ2v) is 4.29. The number of nitrogens with zero attached hydrogens (tertiary/aromatic N) is 3. The maximum absolute atomic E-state index is 13.6. The summed E-state index contributed by atoms with van der Waals surface area (Å²) in [4.78, 5) is 4.20. The normalized spacial score (nSPS) is 10.5. The summed E-state index contributed by atoms with van der Waals surface area (Å²) in [5, 5.41) is 11.2. The minimum Gasteiger partial charge on any atom is -0.371 e. The Morgan fingerprint density at radius 1 is 1.22 bits per heavy atom. The van der Waals surface area contributed by atoms with Crippen LogP contribution in [-0.4, -0.2) is 22.2 Å². The fourth-order valence-corrected chi connectivity index (χ4v) is 1.90. The lowest BCUT2D eigenvalue weighted by Crippen LogP contribution is -2.03. The van der Waals surface area contributed by atoms with E-state index in [-0.39, 0.29) is 5.82 Å². The Morgan fingerprint density at radius 3 is 2.61 bits per heavy atom. The highest BCUT2D eigenvalue weighted by Crippen LogP contribution is 2.32. The van der Waals surface area contributed by atoms with Crippen molar-refractivity contribution in [3.63, 3.8) is 0 Å². The van der Waals surface area contributed by atoms with E-state index in [1.165, 1.54) is 6.07 Å². The lowest BCUT2D eigenvalue weighted by molar-refractivity contribution is 0.619. The lowest BCUT2D eigenvalue weighted by atomic mass is 10.1. The van der Waals surface area contributed by atoms with Crippen molar-refractivity contribution in [2.75, 3.05) is 12.4 Å². The Balaban J connectivity index is 2.65. The SMILES string of the molecule is CNc1nc(C)nnc1-c1cc(F)c(C)cc1Cl. The van der Waals surface area contributed by atoms with Crippen molar-refractivity contribution in [1.82, 2.24) is 15.2 Å². The van der Waals surface area contributed by atoms with Gasteiger partial charge < -0.3 is 5.32 Å². The van der Waals surface area contributed by atoms with Gasteiger partial charge in [0.05, 0.1) is 5.02 Å². The molecule has 18 heavy (non-hydrogen) atoms. The van der Waals surface area contributed by atoms with Crippen LogP contribution in [0.1, 0.15) is 11.4 Å². The number of aromatic nitrogens is 3. The molecule has 2 rings (SSSR count). The average Bonchev–Trinajstić information content (AvgIpc) is 2.34. The molecule has 0 bridgehead atoms. The first-order chi connectivity index (χ1) is 8.52. The molecule has 0 atom stereocenters. The van der Waals surface area contributed by atoms with Crippen molar-refractivity contribution in [1.29, 1.82) is 0 Å². The maximum atomic E-state index is 13.6. The van der Waals surface area contributed by atoms with E-state index in [9.17, 15) is 4.39 Å². The van der Waals surface area contributed by atoms with E-state index in [1.807, 2.05) is 0 Å². The second kappa shape index (κ2) is 4.86. The number of halogens is 2. The van der Waals surface area contributed by atoms with Crippen LogP contribution < -0.4 is 5.32 Å². The monoisotopic (exact) mass is 266 g/mol. The van der Waals surface area contributed by atoms with Gasteiger partial charge in [0, 0.05) is 12.6 Å². The number of anilines is 1. The third-order valence-electron chi connectivity index (χ3n) is 2.53. The predicted molar refractivity (Wildman–Crippen MR) is 69.3 cm³/mol. The summed E-state index contributed by atoms with van der Waals surface area (Å²) in [5.74, 6) is 0.721. The van der Waals surface area contributed by atoms with Crippen LogP contribution in [0.3, 0.4) is 0 Å². The smallest absolute Gasteiger partial charge is 0.156 e. The van der Waals surface area contributed by atoms with Crippen LogP contribution in [-0.2, 0) is 0 Å². The zero-order valence-electron chi connectivity index (χ0n) is 10.3. The average molecular weight is 267 g/mol. The molecule has 0 saturated carbocycles. The van der Waals surface area contributed by atoms with Crippen molar-refractivity contribution in [2.45, 2.75) is 13.8 Å². The molecule has 1 aromatic carbocycles. The van der Waals surface area contributed by atoms with E-state index in [2.05, 4.69) is 20.5 Å². The third kappa shape index (κ3) is 2.26. The van der Waals surface area contributed by atoms with Crippen molar-refractivity contribution in [3.8, 4) is 11.3 Å². The van der Waals surface area contributed by atoms with Crippen molar-refractivity contribution in [2.24, 2.45) is 0 Å². The summed E-state index contributed by atoms with van der Waals surface area (Å²) in [7, 11) is 1.71. The summed E-state index contributed by atoms with van der Waals surface area (Å²) < 4.78 is 13.6. The van der Waals surface area contributed by atoms with Crippen LogP contribution in [0.2, 0.25) is 5.02 Å². The van der Waals surface area contributed by atoms with Crippen LogP contribution in [0.5, 0.6) is 0 Å². The molecule has 2 aromatic rings. The molecule has 0 amide bonds. The minimum atomic E-state index is -0.334. The Labute approximate surface area is 109 Å². The molecule has 0 unspecified atom stereocenters. The molecule has 94 valence electrons. The number of hydrogen-bond acceptors (Lipinski definition) is 4. The van der Waals surface area contributed by atoms with E-state index >= 15 is 0 Å². The zero-order chi connectivity index (χ0) is 13.3. The highest BCUT2D eigenvalue weighted by molar-refractivity contribution is 6.33. The Hall–Kier alpha value is -1.75. The standard InChI is InChI=1S/C12H12ClFN4/c1-6-4-9(13)8(5-10(6)14)11-12(15-3)16-7(2)17-18-11/h4-5H,1-3H3,(H,15,16,17). The Kier molecular flexibility index (Phi) is 3.43. The Bertz CT molecular complexity index is 601. The molecule has 0 saturated heterocycles. The van der Waals surface area contributed by atoms with Gasteiger partial charge in [-0.25, -0.2) is 9.37 Å². The number of nitrogens with one attached hydrogen (secondary N) is 1. The van der Waals surface area contributed by atoms with E-state index in [0.717, 1.165) is 0 Å². The summed E-state index contributed by atoms with van der Waals surface area (Å²) in [6, 6.07) is 2.91. The first-order valence-corrected chi connectivity index (χ1v) is 5.76. The van der Waals surface area contributed by atoms with E-state index in [4.69, 9.17) is 11.6 Å². The van der Waals surface area contributed by atoms with Crippen LogP contribution >= 0.6 is 11.6 Å². The van der Waals surface area contributed by atoms with Crippen molar-refractivity contribution >= 4 is 17.4 Å². The van der Waals surface area contributed by atoms with Gasteiger partial charge in [0.25, 0.3) is 0 Å². The number of rotatable bonds is 2. The number of hydrogen-bond donors (Lipinski definition) is 1. The minimum absolute atomic E-state index is 0.334. The lowest BCUT2D eigenvalue weighted by Gasteiger charge is -2.09. The maximum Gasteiger partial charge on any atom is 0.156 e. The van der Waals surface area contributed by atoms with Crippen molar-refractivity contribution < 1.29 is 4.39 Å². The molecule has 1 heterocycles. The molecule has 1 N–H and O–H groups in total. The van der Waals surface area contributed by atoms with Gasteiger partial charge in [0.15, 0.2) is 5.82 Å². The summed E-state index contributed by atoms with van der Waals surface area (Å²) >= 11 is 6.11. The van der Waals surface area contributed by atoms with Crippen LogP contribution in [0, 0.1) is 19.7 Å². The molecule has 4 nitrogen and oxygen atoms in total. The second-order valence-electron chi connectivity index (χ2n) is 3.89. The van der Waals surface area contributed by atoms with E-state index in [0.29, 0.717) is 33.5 Å². The van der Waals surface area contributed by atoms with Gasteiger partial charge in [0.2, 0.25) is 0 Å². The molecule has 0 fully saturated rings. The molecule has 0 aliphatic heterocycles. The summed E-state index contributed by atoms with van der Waals surface area (Å²) in [5.41, 5.74) is 1.40. The van der Waals surface area contributed by atoms with Gasteiger partial charge in [-0.05, 0) is 31.5 Å². The highest BCUT2D eigenvalue weighted by Gasteiger charge is 2.14. The number of aryl methyl sites for hydroxylation is 2.